The number of benzene rings is 1. The van der Waals surface area contributed by atoms with Crippen LogP contribution in [0.4, 0.5) is 33.6 Å². The van der Waals surface area contributed by atoms with Crippen molar-refractivity contribution in [3.8, 4) is 5.75 Å². The first-order valence-electron chi connectivity index (χ1n) is 11.9. The van der Waals surface area contributed by atoms with Gasteiger partial charge in [-0.05, 0) is 32.9 Å². The lowest BCUT2D eigenvalue weighted by molar-refractivity contribution is -0.192. The largest absolute Gasteiger partial charge is 0.490 e. The molecule has 3 heterocycles. The average Bonchev–Trinajstić information content (AvgIpc) is 2.81. The van der Waals surface area contributed by atoms with Crippen LogP contribution in [-0.2, 0) is 11.2 Å². The molecule has 0 bridgehead atoms. The molecule has 37 heavy (non-hydrogen) atoms. The number of carboxylic acid groups (broad SMARTS) is 1. The third-order valence-corrected chi connectivity index (χ3v) is 5.80. The molecule has 8 nitrogen and oxygen atoms in total. The van der Waals surface area contributed by atoms with Crippen molar-refractivity contribution in [2.75, 3.05) is 29.9 Å². The van der Waals surface area contributed by atoms with Crippen molar-refractivity contribution in [1.29, 1.82) is 0 Å². The highest BCUT2D eigenvalue weighted by atomic mass is 19.4. The molecular weight excluding hydrogens is 501 g/mol. The molecule has 0 aliphatic carbocycles. The summed E-state index contributed by atoms with van der Waals surface area (Å²) in [5.74, 6) is -2.23. The molecule has 2 aliphatic heterocycles. The van der Waals surface area contributed by atoms with Gasteiger partial charge in [0.25, 0.3) is 0 Å². The van der Waals surface area contributed by atoms with Crippen LogP contribution in [0.15, 0.2) is 18.2 Å². The zero-order valence-electron chi connectivity index (χ0n) is 20.7. The number of halogens is 5. The van der Waals surface area contributed by atoms with Crippen molar-refractivity contribution in [3.63, 3.8) is 0 Å². The van der Waals surface area contributed by atoms with Gasteiger partial charge in [-0.15, -0.1) is 0 Å². The molecule has 3 N–H and O–H groups in total. The standard InChI is InChI=1S/C22H29F2N5O.C2HF3O2/c1-13(2)26-21-22(27-18-6-9-25-14(3)20(18)28-21)29-10-7-16(8-11-29)30-19-5-4-15(23)12-17(19)24;3-2(4,5)1(6)7/h4-5,12-14,16,25H,6-11H2,1-3H3,(H,26,28);(H,6,7). The monoisotopic (exact) mass is 531 g/mol. The van der Waals surface area contributed by atoms with Crippen LogP contribution in [0.5, 0.6) is 5.75 Å². The quantitative estimate of drug-likeness (QED) is 0.487. The maximum atomic E-state index is 13.9. The van der Waals surface area contributed by atoms with Gasteiger partial charge < -0.3 is 25.4 Å². The smallest absolute Gasteiger partial charge is 0.487 e. The van der Waals surface area contributed by atoms with Gasteiger partial charge in [0.1, 0.15) is 11.9 Å². The lowest BCUT2D eigenvalue weighted by Crippen LogP contribution is -2.40. The zero-order chi connectivity index (χ0) is 27.3. The summed E-state index contributed by atoms with van der Waals surface area (Å²) in [5.41, 5.74) is 2.07. The molecular formula is C24H30F5N5O3. The first kappa shape index (κ1) is 28.4. The van der Waals surface area contributed by atoms with Crippen LogP contribution in [0, 0.1) is 11.6 Å². The summed E-state index contributed by atoms with van der Waals surface area (Å²) in [6.07, 6.45) is -2.87. The minimum Gasteiger partial charge on any atom is -0.487 e. The van der Waals surface area contributed by atoms with Crippen LogP contribution >= 0.6 is 0 Å². The van der Waals surface area contributed by atoms with E-state index in [2.05, 4.69) is 36.3 Å². The van der Waals surface area contributed by atoms with Gasteiger partial charge in [-0.3, -0.25) is 0 Å². The van der Waals surface area contributed by atoms with Crippen molar-refractivity contribution >= 4 is 17.6 Å². The molecule has 1 fully saturated rings. The second-order valence-corrected chi connectivity index (χ2v) is 9.13. The summed E-state index contributed by atoms with van der Waals surface area (Å²) in [7, 11) is 0. The van der Waals surface area contributed by atoms with Crippen LogP contribution in [-0.4, -0.2) is 59.0 Å². The Morgan fingerprint density at radius 2 is 1.86 bits per heavy atom. The predicted octanol–water partition coefficient (Wildman–Crippen LogP) is 4.46. The van der Waals surface area contributed by atoms with Gasteiger partial charge in [-0.1, -0.05) is 0 Å². The predicted molar refractivity (Wildman–Crippen MR) is 127 cm³/mol. The third-order valence-electron chi connectivity index (χ3n) is 5.80. The van der Waals surface area contributed by atoms with Crippen molar-refractivity contribution in [2.24, 2.45) is 0 Å². The second kappa shape index (κ2) is 11.9. The number of ether oxygens (including phenoxy) is 1. The van der Waals surface area contributed by atoms with Crippen molar-refractivity contribution < 1.29 is 36.6 Å². The summed E-state index contributed by atoms with van der Waals surface area (Å²) < 4.78 is 64.6. The fourth-order valence-corrected chi connectivity index (χ4v) is 4.03. The highest BCUT2D eigenvalue weighted by molar-refractivity contribution is 5.73. The number of aliphatic carboxylic acids is 1. The Bertz CT molecular complexity index is 1090. The number of carboxylic acids is 1. The van der Waals surface area contributed by atoms with E-state index in [1.54, 1.807) is 0 Å². The van der Waals surface area contributed by atoms with Gasteiger partial charge in [-0.25, -0.2) is 23.5 Å². The van der Waals surface area contributed by atoms with Crippen LogP contribution in [0.25, 0.3) is 0 Å². The molecule has 0 spiro atoms. The molecule has 2 aromatic rings. The zero-order valence-corrected chi connectivity index (χ0v) is 20.7. The molecule has 1 aromatic carbocycles. The van der Waals surface area contributed by atoms with Crippen LogP contribution in [0.3, 0.4) is 0 Å². The topological polar surface area (TPSA) is 99.6 Å². The van der Waals surface area contributed by atoms with E-state index in [1.807, 2.05) is 0 Å². The van der Waals surface area contributed by atoms with Crippen molar-refractivity contribution in [1.82, 2.24) is 15.3 Å². The first-order valence-corrected chi connectivity index (χ1v) is 11.9. The molecule has 2 aliphatic rings. The Hall–Kier alpha value is -3.22. The minimum atomic E-state index is -5.08. The van der Waals surface area contributed by atoms with E-state index >= 15 is 0 Å². The Labute approximate surface area is 211 Å². The number of piperidine rings is 1. The fourth-order valence-electron chi connectivity index (χ4n) is 4.03. The summed E-state index contributed by atoms with van der Waals surface area (Å²) in [5, 5.41) is 14.0. The molecule has 13 heteroatoms. The minimum absolute atomic E-state index is 0.104. The van der Waals surface area contributed by atoms with E-state index < -0.39 is 23.8 Å². The van der Waals surface area contributed by atoms with Crippen molar-refractivity contribution in [2.45, 2.75) is 64.4 Å². The Kier molecular flexibility index (Phi) is 9.11. The number of nitrogens with zero attached hydrogens (tertiary/aromatic N) is 3. The van der Waals surface area contributed by atoms with Gasteiger partial charge in [0, 0.05) is 57.0 Å². The number of fused-ring (bicyclic) bond motifs is 1. The lowest BCUT2D eigenvalue weighted by atomic mass is 10.1. The summed E-state index contributed by atoms with van der Waals surface area (Å²) >= 11 is 0. The van der Waals surface area contributed by atoms with Crippen LogP contribution in [0.2, 0.25) is 0 Å². The van der Waals surface area contributed by atoms with E-state index in [1.165, 1.54) is 12.1 Å². The highest BCUT2D eigenvalue weighted by Crippen LogP contribution is 2.31. The molecule has 1 aromatic heterocycles. The van der Waals surface area contributed by atoms with Gasteiger partial charge in [-0.2, -0.15) is 13.2 Å². The SMILES string of the molecule is CC(C)Nc1nc2c(nc1N1CCC(Oc3ccc(F)cc3F)CC1)CCNC2C.O=C(O)C(F)(F)F. The van der Waals surface area contributed by atoms with E-state index in [-0.39, 0.29) is 23.9 Å². The number of carbonyl (C=O) groups is 1. The van der Waals surface area contributed by atoms with Crippen molar-refractivity contribution in [3.05, 3.63) is 41.2 Å². The normalized spacial score (nSPS) is 18.1. The van der Waals surface area contributed by atoms with E-state index in [9.17, 15) is 22.0 Å². The Morgan fingerprint density at radius 1 is 1.22 bits per heavy atom. The molecule has 1 atom stereocenters. The molecule has 204 valence electrons. The summed E-state index contributed by atoms with van der Waals surface area (Å²) in [6.45, 7) is 8.66. The summed E-state index contributed by atoms with van der Waals surface area (Å²) in [6, 6.07) is 3.85. The lowest BCUT2D eigenvalue weighted by Gasteiger charge is -2.35. The third kappa shape index (κ3) is 7.63. The number of anilines is 2. The number of hydrogen-bond acceptors (Lipinski definition) is 7. The van der Waals surface area contributed by atoms with E-state index in [0.29, 0.717) is 0 Å². The van der Waals surface area contributed by atoms with Gasteiger partial charge in [0.15, 0.2) is 23.2 Å². The summed E-state index contributed by atoms with van der Waals surface area (Å²) in [4.78, 5) is 21.0. The van der Waals surface area contributed by atoms with Crippen LogP contribution in [0.1, 0.15) is 51.0 Å². The maximum absolute atomic E-state index is 13.9. The molecule has 1 saturated heterocycles. The van der Waals surface area contributed by atoms with Crippen LogP contribution < -0.4 is 20.3 Å². The molecule has 0 amide bonds. The number of rotatable bonds is 5. The number of nitrogens with one attached hydrogen (secondary N) is 2. The fraction of sp³-hybridized carbons (Fsp3) is 0.542. The highest BCUT2D eigenvalue weighted by Gasteiger charge is 2.38. The Balaban J connectivity index is 0.000000479. The second-order valence-electron chi connectivity index (χ2n) is 9.13. The molecule has 1 unspecified atom stereocenters. The van der Waals surface area contributed by atoms with E-state index in [0.717, 1.165) is 68.0 Å². The number of hydrogen-bond donors (Lipinski definition) is 3. The number of aromatic nitrogens is 2. The molecule has 0 saturated carbocycles. The maximum Gasteiger partial charge on any atom is 0.490 e. The van der Waals surface area contributed by atoms with Gasteiger partial charge in [0.2, 0.25) is 0 Å². The Morgan fingerprint density at radius 3 is 2.43 bits per heavy atom. The molecule has 0 radical (unpaired) electrons. The average molecular weight is 532 g/mol. The van der Waals surface area contributed by atoms with Gasteiger partial charge >= 0.3 is 12.1 Å². The number of alkyl halides is 3. The first-order chi connectivity index (χ1) is 17.3. The van der Waals surface area contributed by atoms with E-state index in [4.69, 9.17) is 24.6 Å². The molecule has 4 rings (SSSR count). The van der Waals surface area contributed by atoms with Gasteiger partial charge in [0.05, 0.1) is 11.4 Å².